The second kappa shape index (κ2) is 8.86. The van der Waals surface area contributed by atoms with Gasteiger partial charge in [-0.05, 0) is 66.4 Å². The molecule has 4 nitrogen and oxygen atoms in total. The molecule has 166 valence electrons. The highest BCUT2D eigenvalue weighted by Crippen LogP contribution is 2.36. The lowest BCUT2D eigenvalue weighted by Gasteiger charge is -2.23. The third-order valence-corrected chi connectivity index (χ3v) is 5.46. The summed E-state index contributed by atoms with van der Waals surface area (Å²) in [7, 11) is 0. The lowest BCUT2D eigenvalue weighted by Crippen LogP contribution is -2.34. The van der Waals surface area contributed by atoms with E-state index in [1.165, 1.54) is 6.07 Å². The average molecular weight is 450 g/mol. The van der Waals surface area contributed by atoms with E-state index in [1.54, 1.807) is 12.1 Å². The number of nitrogens with one attached hydrogen (secondary N) is 2. The van der Waals surface area contributed by atoms with Crippen LogP contribution in [0.1, 0.15) is 55.1 Å². The van der Waals surface area contributed by atoms with Crippen LogP contribution in [0.2, 0.25) is 0 Å². The van der Waals surface area contributed by atoms with Crippen LogP contribution >= 0.6 is 12.2 Å². The van der Waals surface area contributed by atoms with Crippen LogP contribution in [0, 0.1) is 0 Å². The summed E-state index contributed by atoms with van der Waals surface area (Å²) in [6.45, 7) is 7.76. The van der Waals surface area contributed by atoms with Crippen LogP contribution in [0.3, 0.4) is 0 Å². The summed E-state index contributed by atoms with van der Waals surface area (Å²) in [6.07, 6.45) is -2.52. The van der Waals surface area contributed by atoms with Crippen molar-refractivity contribution in [1.29, 1.82) is 0 Å². The number of benzene rings is 2. The molecular weight excluding hydrogens is 423 g/mol. The zero-order valence-corrected chi connectivity index (χ0v) is 18.6. The van der Waals surface area contributed by atoms with Crippen molar-refractivity contribution in [2.24, 2.45) is 0 Å². The number of carbonyl (C=O) groups excluding carboxylic acids is 1. The molecular formula is C23H26F3N3OS. The Kier molecular flexibility index (Phi) is 6.59. The maximum absolute atomic E-state index is 13.2. The van der Waals surface area contributed by atoms with Gasteiger partial charge in [-0.2, -0.15) is 13.2 Å². The fourth-order valence-electron chi connectivity index (χ4n) is 3.50. The molecule has 0 aromatic heterocycles. The number of alkyl halides is 3. The van der Waals surface area contributed by atoms with Gasteiger partial charge >= 0.3 is 6.18 Å². The van der Waals surface area contributed by atoms with Gasteiger partial charge in [0.1, 0.15) is 0 Å². The van der Waals surface area contributed by atoms with Crippen molar-refractivity contribution in [3.63, 3.8) is 0 Å². The Morgan fingerprint density at radius 3 is 2.10 bits per heavy atom. The Morgan fingerprint density at radius 2 is 1.55 bits per heavy atom. The molecule has 1 heterocycles. The minimum absolute atomic E-state index is 0.0403. The summed E-state index contributed by atoms with van der Waals surface area (Å²) in [6, 6.07) is 10.7. The van der Waals surface area contributed by atoms with Crippen LogP contribution in [0.25, 0.3) is 0 Å². The zero-order chi connectivity index (χ0) is 22.8. The second-order valence-corrected chi connectivity index (χ2v) is 9.07. The van der Waals surface area contributed by atoms with Crippen LogP contribution < -0.4 is 15.5 Å². The molecule has 0 bridgehead atoms. The van der Waals surface area contributed by atoms with E-state index in [-0.39, 0.29) is 16.2 Å². The number of rotatable bonds is 3. The maximum Gasteiger partial charge on any atom is 0.416 e. The molecule has 0 spiro atoms. The number of amides is 1. The predicted molar refractivity (Wildman–Crippen MR) is 122 cm³/mol. The first-order valence-corrected chi connectivity index (χ1v) is 10.5. The van der Waals surface area contributed by atoms with E-state index in [4.69, 9.17) is 12.2 Å². The van der Waals surface area contributed by atoms with Crippen LogP contribution in [-0.2, 0) is 11.6 Å². The van der Waals surface area contributed by atoms with E-state index >= 15 is 0 Å². The molecule has 1 aliphatic heterocycles. The van der Waals surface area contributed by atoms with Crippen LogP contribution in [0.15, 0.2) is 42.5 Å². The number of thiocarbonyl (C=S) groups is 1. The monoisotopic (exact) mass is 449 g/mol. The quantitative estimate of drug-likeness (QED) is 0.588. The summed E-state index contributed by atoms with van der Waals surface area (Å²) in [4.78, 5) is 14.6. The SMILES string of the molecule is CC(C)(C)c1ccc(C(=O)NC(=S)Nc2cc(C(F)(F)F)ccc2N2CCCC2)cc1. The van der Waals surface area contributed by atoms with Gasteiger partial charge in [0, 0.05) is 18.7 Å². The minimum atomic E-state index is -4.47. The number of anilines is 2. The molecule has 2 N–H and O–H groups in total. The van der Waals surface area contributed by atoms with E-state index in [0.29, 0.717) is 11.3 Å². The number of nitrogens with zero attached hydrogens (tertiary/aromatic N) is 1. The number of hydrogen-bond donors (Lipinski definition) is 2. The third kappa shape index (κ3) is 5.76. The van der Waals surface area contributed by atoms with Gasteiger partial charge in [0.25, 0.3) is 5.91 Å². The van der Waals surface area contributed by atoms with Crippen molar-refractivity contribution >= 4 is 34.6 Å². The fourth-order valence-corrected chi connectivity index (χ4v) is 3.70. The third-order valence-electron chi connectivity index (χ3n) is 5.26. The summed E-state index contributed by atoms with van der Waals surface area (Å²) < 4.78 is 39.7. The molecule has 2 aromatic carbocycles. The predicted octanol–water partition coefficient (Wildman–Crippen LogP) is 5.73. The second-order valence-electron chi connectivity index (χ2n) is 8.66. The van der Waals surface area contributed by atoms with Crippen molar-refractivity contribution < 1.29 is 18.0 Å². The lowest BCUT2D eigenvalue weighted by atomic mass is 9.87. The highest BCUT2D eigenvalue weighted by molar-refractivity contribution is 7.80. The van der Waals surface area contributed by atoms with Gasteiger partial charge in [0.2, 0.25) is 0 Å². The van der Waals surface area contributed by atoms with E-state index in [2.05, 4.69) is 31.4 Å². The number of carbonyl (C=O) groups is 1. The summed E-state index contributed by atoms with van der Waals surface area (Å²) in [5, 5.41) is 5.30. The average Bonchev–Trinajstić information content (AvgIpc) is 3.21. The Bertz CT molecular complexity index is 960. The normalized spacial score (nSPS) is 14.5. The standard InChI is InChI=1S/C23H26F3N3OS/c1-22(2,3)16-8-6-15(7-9-16)20(30)28-21(31)27-18-14-17(23(24,25)26)10-11-19(18)29-12-4-5-13-29/h6-11,14H,4-5,12-13H2,1-3H3,(H2,27,28,30,31). The number of halogens is 3. The van der Waals surface area contributed by atoms with Gasteiger partial charge in [-0.1, -0.05) is 32.9 Å². The fraction of sp³-hybridized carbons (Fsp3) is 0.391. The van der Waals surface area contributed by atoms with Crippen LogP contribution in [-0.4, -0.2) is 24.1 Å². The molecule has 8 heteroatoms. The van der Waals surface area contributed by atoms with Crippen molar-refractivity contribution in [3.05, 3.63) is 59.2 Å². The molecule has 3 rings (SSSR count). The Hall–Kier alpha value is -2.61. The molecule has 1 aliphatic rings. The highest BCUT2D eigenvalue weighted by Gasteiger charge is 2.32. The Balaban J connectivity index is 1.76. The van der Waals surface area contributed by atoms with E-state index in [9.17, 15) is 18.0 Å². The Labute approximate surface area is 185 Å². The zero-order valence-electron chi connectivity index (χ0n) is 17.8. The molecule has 0 radical (unpaired) electrons. The number of hydrogen-bond acceptors (Lipinski definition) is 3. The molecule has 0 aliphatic carbocycles. The first-order chi connectivity index (χ1) is 14.4. The van der Waals surface area contributed by atoms with Gasteiger partial charge in [0.15, 0.2) is 5.11 Å². The molecule has 0 saturated carbocycles. The topological polar surface area (TPSA) is 44.4 Å². The van der Waals surface area contributed by atoms with E-state index in [1.807, 2.05) is 17.0 Å². The Morgan fingerprint density at radius 1 is 0.968 bits per heavy atom. The van der Waals surface area contributed by atoms with Crippen molar-refractivity contribution in [2.45, 2.75) is 45.2 Å². The van der Waals surface area contributed by atoms with Gasteiger partial charge in [-0.15, -0.1) is 0 Å². The molecule has 1 fully saturated rings. The van der Waals surface area contributed by atoms with Crippen molar-refractivity contribution in [1.82, 2.24) is 5.32 Å². The van der Waals surface area contributed by atoms with Crippen molar-refractivity contribution in [3.8, 4) is 0 Å². The van der Waals surface area contributed by atoms with Gasteiger partial charge in [0.05, 0.1) is 16.9 Å². The first-order valence-electron chi connectivity index (χ1n) is 10.1. The molecule has 0 unspecified atom stereocenters. The van der Waals surface area contributed by atoms with Crippen LogP contribution in [0.4, 0.5) is 24.5 Å². The van der Waals surface area contributed by atoms with Gasteiger partial charge in [-0.3, -0.25) is 10.1 Å². The van der Waals surface area contributed by atoms with Crippen molar-refractivity contribution in [2.75, 3.05) is 23.3 Å². The summed E-state index contributed by atoms with van der Waals surface area (Å²) in [5.41, 5.74) is 1.55. The molecule has 2 aromatic rings. The largest absolute Gasteiger partial charge is 0.416 e. The maximum atomic E-state index is 13.2. The first kappa shape index (κ1) is 23.1. The van der Waals surface area contributed by atoms with Crippen LogP contribution in [0.5, 0.6) is 0 Å². The summed E-state index contributed by atoms with van der Waals surface area (Å²) >= 11 is 5.23. The smallest absolute Gasteiger partial charge is 0.370 e. The van der Waals surface area contributed by atoms with Gasteiger partial charge in [-0.25, -0.2) is 0 Å². The molecule has 1 saturated heterocycles. The lowest BCUT2D eigenvalue weighted by molar-refractivity contribution is -0.137. The summed E-state index contributed by atoms with van der Waals surface area (Å²) in [5.74, 6) is -0.423. The molecule has 1 amide bonds. The van der Waals surface area contributed by atoms with E-state index < -0.39 is 17.6 Å². The molecule has 31 heavy (non-hydrogen) atoms. The highest BCUT2D eigenvalue weighted by atomic mass is 32.1. The van der Waals surface area contributed by atoms with E-state index in [0.717, 1.165) is 43.6 Å². The molecule has 0 atom stereocenters. The van der Waals surface area contributed by atoms with Gasteiger partial charge < -0.3 is 10.2 Å². The minimum Gasteiger partial charge on any atom is -0.370 e.